The predicted octanol–water partition coefficient (Wildman–Crippen LogP) is 6.12. The lowest BCUT2D eigenvalue weighted by atomic mass is 10.1. The lowest BCUT2D eigenvalue weighted by Crippen LogP contribution is -2.14. The molecule has 0 fully saturated rings. The molecule has 34 heavy (non-hydrogen) atoms. The number of nitriles is 1. The van der Waals surface area contributed by atoms with Crippen molar-refractivity contribution in [2.24, 2.45) is 5.11 Å². The Morgan fingerprint density at radius 1 is 1.03 bits per heavy atom. The third kappa shape index (κ3) is 5.64. The molecule has 0 radical (unpaired) electrons. The molecular weight excluding hydrogens is 448 g/mol. The van der Waals surface area contributed by atoms with E-state index in [2.05, 4.69) is 20.0 Å². The quantitative estimate of drug-likeness (QED) is 0.110. The molecule has 0 amide bonds. The molecule has 166 valence electrons. The second-order valence-electron chi connectivity index (χ2n) is 7.15. The number of aromatic nitrogens is 2. The molecule has 0 bridgehead atoms. The maximum absolute atomic E-state index is 12.5. The Hall–Kier alpha value is -4.51. The molecule has 0 unspecified atom stereocenters. The number of rotatable bonds is 8. The molecule has 4 rings (SSSR count). The van der Waals surface area contributed by atoms with Gasteiger partial charge in [0, 0.05) is 21.9 Å². The van der Waals surface area contributed by atoms with Crippen molar-refractivity contribution < 1.29 is 4.74 Å². The van der Waals surface area contributed by atoms with E-state index in [0.29, 0.717) is 40.2 Å². The van der Waals surface area contributed by atoms with Gasteiger partial charge in [-0.2, -0.15) is 5.26 Å². The Labute approximate surface area is 199 Å². The van der Waals surface area contributed by atoms with Gasteiger partial charge in [-0.15, -0.1) is 0 Å². The maximum atomic E-state index is 12.5. The van der Waals surface area contributed by atoms with Crippen LogP contribution in [0.5, 0.6) is 5.75 Å². The van der Waals surface area contributed by atoms with Gasteiger partial charge in [-0.1, -0.05) is 71.5 Å². The van der Waals surface area contributed by atoms with E-state index in [9.17, 15) is 10.1 Å². The van der Waals surface area contributed by atoms with Crippen LogP contribution in [-0.4, -0.2) is 9.97 Å². The van der Waals surface area contributed by atoms with Crippen LogP contribution in [0, 0.1) is 11.3 Å². The van der Waals surface area contributed by atoms with Gasteiger partial charge in [0.15, 0.2) is 5.16 Å². The Bertz CT molecular complexity index is 1420. The van der Waals surface area contributed by atoms with Gasteiger partial charge in [-0.05, 0) is 40.9 Å². The number of nitrogens with zero attached hydrogens (tertiary/aromatic N) is 5. The van der Waals surface area contributed by atoms with Crippen LogP contribution >= 0.6 is 11.8 Å². The van der Waals surface area contributed by atoms with Gasteiger partial charge in [-0.25, -0.2) is 4.98 Å². The average molecular weight is 467 g/mol. The molecule has 1 N–H and O–H groups in total. The molecule has 0 saturated carbocycles. The van der Waals surface area contributed by atoms with Gasteiger partial charge in [-0.3, -0.25) is 4.79 Å². The molecule has 0 atom stereocenters. The van der Waals surface area contributed by atoms with E-state index >= 15 is 0 Å². The van der Waals surface area contributed by atoms with Crippen molar-refractivity contribution in [3.63, 3.8) is 0 Å². The highest BCUT2D eigenvalue weighted by atomic mass is 32.2. The Morgan fingerprint density at radius 2 is 1.76 bits per heavy atom. The molecule has 1 aromatic heterocycles. The van der Waals surface area contributed by atoms with Gasteiger partial charge in [0.2, 0.25) is 0 Å². The van der Waals surface area contributed by atoms with E-state index in [1.165, 1.54) is 11.8 Å². The second kappa shape index (κ2) is 10.9. The summed E-state index contributed by atoms with van der Waals surface area (Å²) in [5.74, 6) is 1.21. The number of hydrogen-bond acceptors (Lipinski definition) is 6. The summed E-state index contributed by atoms with van der Waals surface area (Å²) < 4.78 is 5.81. The third-order valence-corrected chi connectivity index (χ3v) is 5.80. The summed E-state index contributed by atoms with van der Waals surface area (Å²) in [7, 11) is 0. The van der Waals surface area contributed by atoms with Crippen molar-refractivity contribution in [2.45, 2.75) is 17.5 Å². The number of aromatic amines is 1. The van der Waals surface area contributed by atoms with E-state index in [1.54, 1.807) is 36.4 Å². The van der Waals surface area contributed by atoms with Crippen molar-refractivity contribution >= 4 is 17.4 Å². The van der Waals surface area contributed by atoms with Crippen LogP contribution in [0.4, 0.5) is 5.69 Å². The standard InChI is InChI=1S/C25H18N6O2S/c26-14-22-23(19-8-12-21(13-9-19)33-15-17-4-2-1-3-5-17)28-25(29-24(22)32)34-16-18-6-10-20(11-7-18)30-31-27/h1-13H,15-16H2,(H,28,29,32). The van der Waals surface area contributed by atoms with Gasteiger partial charge in [0.25, 0.3) is 5.56 Å². The Balaban J connectivity index is 1.51. The number of ether oxygens (including phenoxy) is 1. The predicted molar refractivity (Wildman–Crippen MR) is 131 cm³/mol. The fourth-order valence-electron chi connectivity index (χ4n) is 3.15. The molecule has 3 aromatic carbocycles. The second-order valence-corrected chi connectivity index (χ2v) is 8.11. The largest absolute Gasteiger partial charge is 0.489 e. The van der Waals surface area contributed by atoms with Gasteiger partial charge in [0.05, 0.1) is 5.69 Å². The third-order valence-electron chi connectivity index (χ3n) is 4.86. The molecule has 0 aliphatic heterocycles. The molecule has 0 spiro atoms. The topological polar surface area (TPSA) is 128 Å². The Morgan fingerprint density at radius 3 is 2.44 bits per heavy atom. The summed E-state index contributed by atoms with van der Waals surface area (Å²) in [4.78, 5) is 22.5. The first kappa shape index (κ1) is 22.7. The number of H-pyrrole nitrogens is 1. The number of thioether (sulfide) groups is 1. The van der Waals surface area contributed by atoms with E-state index in [-0.39, 0.29) is 5.56 Å². The van der Waals surface area contributed by atoms with Crippen molar-refractivity contribution in [3.8, 4) is 23.1 Å². The number of azide groups is 1. The van der Waals surface area contributed by atoms with Crippen LogP contribution in [0.3, 0.4) is 0 Å². The number of nitrogens with one attached hydrogen (secondary N) is 1. The first-order valence-corrected chi connectivity index (χ1v) is 11.2. The van der Waals surface area contributed by atoms with Crippen LogP contribution in [0.2, 0.25) is 0 Å². The fourth-order valence-corrected chi connectivity index (χ4v) is 3.96. The van der Waals surface area contributed by atoms with Crippen molar-refractivity contribution in [2.75, 3.05) is 0 Å². The zero-order chi connectivity index (χ0) is 23.8. The SMILES string of the molecule is N#Cc1c(-c2ccc(OCc3ccccc3)cc2)nc(SCc2ccc(N=[N+]=[N-])cc2)[nH]c1=O. The monoisotopic (exact) mass is 466 g/mol. The lowest BCUT2D eigenvalue weighted by Gasteiger charge is -2.09. The maximum Gasteiger partial charge on any atom is 0.270 e. The minimum absolute atomic E-state index is 0.0407. The van der Waals surface area contributed by atoms with Crippen LogP contribution in [0.15, 0.2) is 93.9 Å². The van der Waals surface area contributed by atoms with Gasteiger partial charge in [0.1, 0.15) is 24.0 Å². The van der Waals surface area contributed by atoms with E-state index in [1.807, 2.05) is 48.5 Å². The number of benzene rings is 3. The molecule has 9 heteroatoms. The first-order chi connectivity index (χ1) is 16.7. The summed E-state index contributed by atoms with van der Waals surface area (Å²) in [6, 6.07) is 26.1. The average Bonchev–Trinajstić information content (AvgIpc) is 2.88. The molecular formula is C25H18N6O2S. The Kier molecular flexibility index (Phi) is 7.25. The zero-order valence-electron chi connectivity index (χ0n) is 17.9. The fraction of sp³-hybridized carbons (Fsp3) is 0.0800. The van der Waals surface area contributed by atoms with Crippen LogP contribution in [0.25, 0.3) is 21.7 Å². The summed E-state index contributed by atoms with van der Waals surface area (Å²) in [5, 5.41) is 13.5. The summed E-state index contributed by atoms with van der Waals surface area (Å²) in [6.45, 7) is 0.442. The van der Waals surface area contributed by atoms with Crippen molar-refractivity contribution in [1.29, 1.82) is 5.26 Å². The zero-order valence-corrected chi connectivity index (χ0v) is 18.7. The van der Waals surface area contributed by atoms with Crippen molar-refractivity contribution in [1.82, 2.24) is 9.97 Å². The number of hydrogen-bond donors (Lipinski definition) is 1. The molecule has 0 saturated heterocycles. The van der Waals surface area contributed by atoms with Crippen molar-refractivity contribution in [3.05, 3.63) is 116 Å². The van der Waals surface area contributed by atoms with Gasteiger partial charge >= 0.3 is 0 Å². The minimum atomic E-state index is -0.488. The van der Waals surface area contributed by atoms with E-state index in [4.69, 9.17) is 10.3 Å². The summed E-state index contributed by atoms with van der Waals surface area (Å²) in [6.07, 6.45) is 0. The van der Waals surface area contributed by atoms with Crippen LogP contribution in [0.1, 0.15) is 16.7 Å². The van der Waals surface area contributed by atoms with Gasteiger partial charge < -0.3 is 9.72 Å². The van der Waals surface area contributed by atoms with E-state index < -0.39 is 5.56 Å². The molecule has 4 aromatic rings. The normalized spacial score (nSPS) is 10.2. The van der Waals surface area contributed by atoms with Crippen LogP contribution < -0.4 is 10.3 Å². The highest BCUT2D eigenvalue weighted by Gasteiger charge is 2.14. The first-order valence-electron chi connectivity index (χ1n) is 10.2. The highest BCUT2D eigenvalue weighted by molar-refractivity contribution is 7.98. The molecule has 0 aliphatic rings. The molecule has 1 heterocycles. The highest BCUT2D eigenvalue weighted by Crippen LogP contribution is 2.26. The summed E-state index contributed by atoms with van der Waals surface area (Å²) in [5.41, 5.74) is 11.5. The summed E-state index contributed by atoms with van der Waals surface area (Å²) >= 11 is 1.34. The molecule has 8 nitrogen and oxygen atoms in total. The smallest absolute Gasteiger partial charge is 0.270 e. The minimum Gasteiger partial charge on any atom is -0.489 e. The molecule has 0 aliphatic carbocycles. The van der Waals surface area contributed by atoms with E-state index in [0.717, 1.165) is 11.1 Å². The van der Waals surface area contributed by atoms with Crippen LogP contribution in [-0.2, 0) is 12.4 Å². The lowest BCUT2D eigenvalue weighted by molar-refractivity contribution is 0.306.